The van der Waals surface area contributed by atoms with E-state index in [1.807, 2.05) is 45.0 Å². The van der Waals surface area contributed by atoms with E-state index in [1.54, 1.807) is 17.0 Å². The normalized spacial score (nSPS) is 15.6. The minimum Gasteiger partial charge on any atom is -0.368 e. The minimum absolute atomic E-state index is 0.0243. The van der Waals surface area contributed by atoms with E-state index in [2.05, 4.69) is 14.6 Å². The summed E-state index contributed by atoms with van der Waals surface area (Å²) in [4.78, 5) is 33.3. The number of fused-ring (bicyclic) bond motifs is 1. The van der Waals surface area contributed by atoms with Crippen molar-refractivity contribution < 1.29 is 18.0 Å². The molecule has 8 nitrogen and oxygen atoms in total. The van der Waals surface area contributed by atoms with Crippen LogP contribution in [0.3, 0.4) is 0 Å². The van der Waals surface area contributed by atoms with Crippen LogP contribution in [0.1, 0.15) is 36.1 Å². The highest BCUT2D eigenvalue weighted by Gasteiger charge is 2.33. The number of hydrogen-bond acceptors (Lipinski definition) is 7. The number of ketones is 1. The van der Waals surface area contributed by atoms with Crippen molar-refractivity contribution in [1.29, 1.82) is 0 Å². The highest BCUT2D eigenvalue weighted by atomic mass is 32.2. The van der Waals surface area contributed by atoms with Gasteiger partial charge in [0.25, 0.3) is 0 Å². The van der Waals surface area contributed by atoms with Gasteiger partial charge in [0.15, 0.2) is 5.78 Å². The summed E-state index contributed by atoms with van der Waals surface area (Å²) >= 11 is 1.44. The molecular weight excluding hydrogens is 484 g/mol. The minimum atomic E-state index is -3.89. The van der Waals surface area contributed by atoms with Crippen LogP contribution >= 0.6 is 11.3 Å². The van der Waals surface area contributed by atoms with Crippen molar-refractivity contribution >= 4 is 49.0 Å². The summed E-state index contributed by atoms with van der Waals surface area (Å²) in [7, 11) is -3.89. The lowest BCUT2D eigenvalue weighted by atomic mass is 10.0. The quantitative estimate of drug-likeness (QED) is 0.485. The summed E-state index contributed by atoms with van der Waals surface area (Å²) in [6.45, 7) is 9.34. The molecule has 0 saturated carbocycles. The maximum absolute atomic E-state index is 13.4. The molecule has 0 aliphatic carbocycles. The molecular formula is C25H30N4O4S2. The Hall–Kier alpha value is -2.82. The summed E-state index contributed by atoms with van der Waals surface area (Å²) in [5, 5.41) is 0.867. The number of thiazole rings is 1. The molecule has 0 radical (unpaired) electrons. The predicted octanol–water partition coefficient (Wildman–Crippen LogP) is 3.46. The second-order valence-corrected chi connectivity index (χ2v) is 12.1. The van der Waals surface area contributed by atoms with E-state index in [0.717, 1.165) is 20.9 Å². The van der Waals surface area contributed by atoms with Gasteiger partial charge in [0.1, 0.15) is 6.04 Å². The molecule has 186 valence electrons. The summed E-state index contributed by atoms with van der Waals surface area (Å²) in [5.41, 5.74) is 2.42. The standard InChI is InChI=1S/C25H30N4O4S2/c1-16(2)24(27-35(32,33)21-9-10-22-23(15-21)34-18(4)26-22)25(31)29-13-11-28(12-14-29)20-7-5-19(6-8-20)17(3)30/h5-10,15-16,24,27H,11-14H2,1-4H3. The fourth-order valence-electron chi connectivity index (χ4n) is 4.18. The molecule has 1 aliphatic rings. The van der Waals surface area contributed by atoms with Crippen molar-refractivity contribution in [1.82, 2.24) is 14.6 Å². The van der Waals surface area contributed by atoms with Crippen molar-refractivity contribution in [3.8, 4) is 0 Å². The lowest BCUT2D eigenvalue weighted by molar-refractivity contribution is -0.134. The van der Waals surface area contributed by atoms with Crippen molar-refractivity contribution in [2.75, 3.05) is 31.1 Å². The maximum Gasteiger partial charge on any atom is 0.241 e. The number of anilines is 1. The monoisotopic (exact) mass is 514 g/mol. The first-order chi connectivity index (χ1) is 16.5. The molecule has 2 heterocycles. The number of hydrogen-bond donors (Lipinski definition) is 1. The molecule has 35 heavy (non-hydrogen) atoms. The number of benzene rings is 2. The van der Waals surface area contributed by atoms with Gasteiger partial charge in [-0.2, -0.15) is 4.72 Å². The zero-order valence-corrected chi connectivity index (χ0v) is 21.9. The molecule has 1 unspecified atom stereocenters. The first-order valence-electron chi connectivity index (χ1n) is 11.6. The highest BCUT2D eigenvalue weighted by Crippen LogP contribution is 2.25. The van der Waals surface area contributed by atoms with E-state index in [9.17, 15) is 18.0 Å². The first kappa shape index (κ1) is 25.3. The maximum atomic E-state index is 13.4. The molecule has 1 amide bonds. The third kappa shape index (κ3) is 5.55. The second kappa shape index (κ2) is 10.0. The van der Waals surface area contributed by atoms with Crippen LogP contribution < -0.4 is 9.62 Å². The van der Waals surface area contributed by atoms with Crippen molar-refractivity contribution in [2.45, 2.75) is 38.6 Å². The van der Waals surface area contributed by atoms with Crippen LogP contribution in [0, 0.1) is 12.8 Å². The Kier molecular flexibility index (Phi) is 7.25. The van der Waals surface area contributed by atoms with Gasteiger partial charge in [0, 0.05) is 37.4 Å². The summed E-state index contributed by atoms with van der Waals surface area (Å²) in [6.07, 6.45) is 0. The molecule has 1 fully saturated rings. The number of carbonyl (C=O) groups is 2. The number of sulfonamides is 1. The predicted molar refractivity (Wildman–Crippen MR) is 139 cm³/mol. The van der Waals surface area contributed by atoms with Gasteiger partial charge in [-0.1, -0.05) is 13.8 Å². The molecule has 4 rings (SSSR count). The number of aromatic nitrogens is 1. The van der Waals surface area contributed by atoms with E-state index < -0.39 is 16.1 Å². The Morgan fingerprint density at radius 2 is 1.69 bits per heavy atom. The summed E-state index contributed by atoms with van der Waals surface area (Å²) in [5.74, 6) is -0.412. The topological polar surface area (TPSA) is 99.7 Å². The van der Waals surface area contributed by atoms with Gasteiger partial charge in [-0.3, -0.25) is 9.59 Å². The molecule has 1 aliphatic heterocycles. The Morgan fingerprint density at radius 3 is 2.29 bits per heavy atom. The molecule has 1 N–H and O–H groups in total. The van der Waals surface area contributed by atoms with Crippen LogP contribution in [-0.2, 0) is 14.8 Å². The van der Waals surface area contributed by atoms with Crippen molar-refractivity contribution in [3.63, 3.8) is 0 Å². The van der Waals surface area contributed by atoms with E-state index in [0.29, 0.717) is 31.7 Å². The second-order valence-electron chi connectivity index (χ2n) is 9.12. The van der Waals surface area contributed by atoms with Gasteiger partial charge >= 0.3 is 0 Å². The van der Waals surface area contributed by atoms with Crippen molar-refractivity contribution in [2.24, 2.45) is 5.92 Å². The molecule has 1 saturated heterocycles. The average Bonchev–Trinajstić information content (AvgIpc) is 3.21. The van der Waals surface area contributed by atoms with Crippen LogP contribution in [0.2, 0.25) is 0 Å². The van der Waals surface area contributed by atoms with Crippen LogP contribution in [0.25, 0.3) is 10.2 Å². The lowest BCUT2D eigenvalue weighted by Crippen LogP contribution is -2.56. The number of rotatable bonds is 7. The average molecular weight is 515 g/mol. The number of amides is 1. The Morgan fingerprint density at radius 1 is 1.03 bits per heavy atom. The van der Waals surface area contributed by atoms with Crippen LogP contribution in [0.15, 0.2) is 47.4 Å². The number of piperazine rings is 1. The highest BCUT2D eigenvalue weighted by molar-refractivity contribution is 7.89. The Balaban J connectivity index is 1.44. The first-order valence-corrected chi connectivity index (χ1v) is 13.9. The largest absolute Gasteiger partial charge is 0.368 e. The van der Waals surface area contributed by atoms with Gasteiger partial charge in [0.2, 0.25) is 15.9 Å². The fourth-order valence-corrected chi connectivity index (χ4v) is 6.49. The SMILES string of the molecule is CC(=O)c1ccc(N2CCN(C(=O)C(NS(=O)(=O)c3ccc4nc(C)sc4c3)C(C)C)CC2)cc1. The molecule has 1 aromatic heterocycles. The van der Waals surface area contributed by atoms with Gasteiger partial charge in [-0.05, 0) is 62.2 Å². The third-order valence-corrected chi connectivity index (χ3v) is 8.59. The van der Waals surface area contributed by atoms with Gasteiger partial charge in [0.05, 0.1) is 20.1 Å². The zero-order chi connectivity index (χ0) is 25.3. The van der Waals surface area contributed by atoms with Gasteiger partial charge < -0.3 is 9.80 Å². The number of carbonyl (C=O) groups excluding carboxylic acids is 2. The zero-order valence-electron chi connectivity index (χ0n) is 20.3. The molecule has 2 aromatic carbocycles. The fraction of sp³-hybridized carbons (Fsp3) is 0.400. The molecule has 0 spiro atoms. The van der Waals surface area contributed by atoms with Crippen molar-refractivity contribution in [3.05, 3.63) is 53.0 Å². The van der Waals surface area contributed by atoms with Gasteiger partial charge in [-0.25, -0.2) is 13.4 Å². The van der Waals surface area contributed by atoms with Crippen LogP contribution in [-0.4, -0.2) is 62.2 Å². The lowest BCUT2D eigenvalue weighted by Gasteiger charge is -2.38. The van der Waals surface area contributed by atoms with Gasteiger partial charge in [-0.15, -0.1) is 11.3 Å². The third-order valence-electron chi connectivity index (χ3n) is 6.22. The van der Waals surface area contributed by atoms with E-state index in [-0.39, 0.29) is 22.5 Å². The number of nitrogens with one attached hydrogen (secondary N) is 1. The van der Waals surface area contributed by atoms with E-state index >= 15 is 0 Å². The molecule has 10 heteroatoms. The van der Waals surface area contributed by atoms with Crippen LogP contribution in [0.4, 0.5) is 5.69 Å². The molecule has 3 aromatic rings. The molecule has 0 bridgehead atoms. The van der Waals surface area contributed by atoms with E-state index in [1.165, 1.54) is 24.3 Å². The molecule has 1 atom stereocenters. The Bertz CT molecular complexity index is 1340. The number of Topliss-reactive ketones (excluding diaryl/α,β-unsaturated/α-hetero) is 1. The number of aryl methyl sites for hydroxylation is 1. The van der Waals surface area contributed by atoms with Crippen LogP contribution in [0.5, 0.6) is 0 Å². The summed E-state index contributed by atoms with van der Waals surface area (Å²) in [6, 6.07) is 11.4. The number of nitrogens with zero attached hydrogens (tertiary/aromatic N) is 3. The van der Waals surface area contributed by atoms with E-state index in [4.69, 9.17) is 0 Å². The Labute approximate surface area is 210 Å². The smallest absolute Gasteiger partial charge is 0.241 e. The summed E-state index contributed by atoms with van der Waals surface area (Å²) < 4.78 is 29.8.